The third-order valence-corrected chi connectivity index (χ3v) is 7.17. The lowest BCUT2D eigenvalue weighted by molar-refractivity contribution is -0.187. The first-order valence-corrected chi connectivity index (χ1v) is 12.4. The summed E-state index contributed by atoms with van der Waals surface area (Å²) in [4.78, 5) is 22.4. The molecule has 1 aliphatic rings. The Kier molecular flexibility index (Phi) is 8.15. The maximum Gasteiger partial charge on any atom is 0.415 e. The number of rotatable bonds is 9. The first-order valence-electron chi connectivity index (χ1n) is 11.0. The number of carbonyl (C=O) groups excluding carboxylic acids is 1. The van der Waals surface area contributed by atoms with Crippen molar-refractivity contribution in [2.45, 2.75) is 43.1 Å². The molecule has 1 aromatic carbocycles. The quantitative estimate of drug-likeness (QED) is 0.320. The molecular weight excluding hydrogens is 563 g/mol. The predicted octanol–water partition coefficient (Wildman–Crippen LogP) is 2.12. The van der Waals surface area contributed by atoms with Gasteiger partial charge in [-0.3, -0.25) is 14.4 Å². The average Bonchev–Trinajstić information content (AvgIpc) is 3.26. The fraction of sp³-hybridized carbons (Fsp3) is 0.450. The van der Waals surface area contributed by atoms with Crippen LogP contribution in [0.5, 0.6) is 11.6 Å². The summed E-state index contributed by atoms with van der Waals surface area (Å²) in [7, 11) is -4.79. The summed E-state index contributed by atoms with van der Waals surface area (Å²) in [5.41, 5.74) is 1.51. The van der Waals surface area contributed by atoms with Crippen LogP contribution in [0.4, 0.5) is 38.1 Å². The van der Waals surface area contributed by atoms with Crippen LogP contribution in [0.15, 0.2) is 29.3 Å². The van der Waals surface area contributed by atoms with Crippen molar-refractivity contribution >= 4 is 33.4 Å². The third kappa shape index (κ3) is 6.08. The lowest BCUT2D eigenvalue weighted by Gasteiger charge is -2.36. The second-order valence-corrected chi connectivity index (χ2v) is 10.1. The number of benzene rings is 1. The molecule has 1 aromatic heterocycles. The predicted molar refractivity (Wildman–Crippen MR) is 123 cm³/mol. The van der Waals surface area contributed by atoms with E-state index in [1.807, 2.05) is 10.6 Å². The molecule has 0 saturated heterocycles. The van der Waals surface area contributed by atoms with Crippen LogP contribution < -0.4 is 30.1 Å². The smallest absolute Gasteiger partial charge is 0.415 e. The molecule has 1 unspecified atom stereocenters. The van der Waals surface area contributed by atoms with E-state index < -0.39 is 70.3 Å². The zero-order valence-corrected chi connectivity index (χ0v) is 21.0. The van der Waals surface area contributed by atoms with Crippen LogP contribution in [0.3, 0.4) is 0 Å². The molecule has 0 radical (unpaired) electrons. The number of carbonyl (C=O) groups is 2. The van der Waals surface area contributed by atoms with Gasteiger partial charge in [-0.25, -0.2) is 17.9 Å². The molecular formula is C20H23F5N6O7S. The molecule has 2 heterocycles. The van der Waals surface area contributed by atoms with E-state index in [-0.39, 0.29) is 28.4 Å². The Morgan fingerprint density at radius 2 is 2.00 bits per heavy atom. The molecule has 0 saturated carbocycles. The van der Waals surface area contributed by atoms with Gasteiger partial charge in [-0.1, -0.05) is 0 Å². The van der Waals surface area contributed by atoms with E-state index in [9.17, 15) is 40.0 Å². The number of hydrogen-bond acceptors (Lipinski definition) is 8. The Balaban J connectivity index is 2.03. The van der Waals surface area contributed by atoms with E-state index in [1.165, 1.54) is 19.1 Å². The fourth-order valence-electron chi connectivity index (χ4n) is 3.36. The van der Waals surface area contributed by atoms with E-state index in [0.29, 0.717) is 17.4 Å². The van der Waals surface area contributed by atoms with Gasteiger partial charge in [0.1, 0.15) is 11.9 Å². The molecule has 3 rings (SSSR count). The number of sulfonamides is 1. The van der Waals surface area contributed by atoms with Crippen LogP contribution in [-0.4, -0.2) is 72.8 Å². The number of nitrogens with two attached hydrogens (primary N) is 1. The fourth-order valence-corrected chi connectivity index (χ4v) is 4.92. The minimum absolute atomic E-state index is 0.0541. The van der Waals surface area contributed by atoms with E-state index in [0.717, 1.165) is 6.07 Å². The number of aromatic nitrogens is 2. The number of nitrogens with zero attached hydrogens (tertiary/aromatic N) is 3. The Morgan fingerprint density at radius 1 is 1.33 bits per heavy atom. The topological polar surface area (TPSA) is 178 Å². The van der Waals surface area contributed by atoms with Crippen LogP contribution in [0.1, 0.15) is 20.4 Å². The van der Waals surface area contributed by atoms with Gasteiger partial charge in [-0.15, -0.1) is 5.10 Å². The van der Waals surface area contributed by atoms with Gasteiger partial charge in [-0.05, 0) is 32.0 Å². The summed E-state index contributed by atoms with van der Waals surface area (Å²) in [5.74, 6) is -2.44. The van der Waals surface area contributed by atoms with E-state index in [1.54, 1.807) is 0 Å². The highest BCUT2D eigenvalue weighted by Gasteiger charge is 2.54. The maximum atomic E-state index is 13.7. The third-order valence-electron chi connectivity index (χ3n) is 5.41. The number of ether oxygens (including phenoxy) is 2. The number of hydrogen-bond donors (Lipinski definition) is 4. The first-order chi connectivity index (χ1) is 18.0. The summed E-state index contributed by atoms with van der Waals surface area (Å²) in [6, 6.07) is 3.46. The second kappa shape index (κ2) is 10.7. The summed E-state index contributed by atoms with van der Waals surface area (Å²) < 4.78 is 105. The Hall–Kier alpha value is -3.87. The summed E-state index contributed by atoms with van der Waals surface area (Å²) >= 11 is 0. The lowest BCUT2D eigenvalue weighted by Crippen LogP contribution is -2.62. The minimum Gasteiger partial charge on any atom is -0.484 e. The zero-order chi connectivity index (χ0) is 29.3. The van der Waals surface area contributed by atoms with Crippen LogP contribution in [-0.2, 0) is 14.8 Å². The lowest BCUT2D eigenvalue weighted by atomic mass is 10.0. The van der Waals surface area contributed by atoms with Crippen molar-refractivity contribution in [3.05, 3.63) is 24.4 Å². The number of nitrogens with one attached hydrogen (secondary N) is 2. The molecule has 0 bridgehead atoms. The standard InChI is InChI=1S/C20H23F5N6O7S/c1-3-37-15-14(9-30(29-15)17(21)22)39(35,36)31-8-11(7-27-16(32)19(2,26)20(23,24)25)38-13-5-4-10(6-12(13)31)28-18(33)34/h4-6,9,11,17,28H,3,7-8,26H2,1-2H3,(H,27,32)(H,33,34)/t11-,19?/m0/s1. The highest BCUT2D eigenvalue weighted by molar-refractivity contribution is 7.93. The number of anilines is 2. The van der Waals surface area contributed by atoms with Crippen molar-refractivity contribution in [3.63, 3.8) is 0 Å². The molecule has 0 aliphatic carbocycles. The molecule has 2 atom stereocenters. The Bertz CT molecular complexity index is 1350. The van der Waals surface area contributed by atoms with Crippen molar-refractivity contribution in [1.82, 2.24) is 15.1 Å². The molecule has 13 nitrogen and oxygen atoms in total. The Morgan fingerprint density at radius 3 is 2.56 bits per heavy atom. The molecule has 1 aliphatic heterocycles. The monoisotopic (exact) mass is 586 g/mol. The van der Waals surface area contributed by atoms with Gasteiger partial charge in [0.25, 0.3) is 15.9 Å². The highest BCUT2D eigenvalue weighted by atomic mass is 32.2. The van der Waals surface area contributed by atoms with Gasteiger partial charge in [0.2, 0.25) is 5.91 Å². The SMILES string of the molecule is CCOc1nn(C(F)F)cc1S(=O)(=O)N1C[C@H](CNC(=O)C(C)(N)C(F)(F)F)Oc2ccc(NC(=O)O)cc21. The van der Waals surface area contributed by atoms with Gasteiger partial charge in [-0.2, -0.15) is 22.0 Å². The molecule has 19 heteroatoms. The number of alkyl halides is 5. The molecule has 5 N–H and O–H groups in total. The van der Waals surface area contributed by atoms with Crippen molar-refractivity contribution in [3.8, 4) is 11.6 Å². The summed E-state index contributed by atoms with van der Waals surface area (Å²) in [5, 5.41) is 16.4. The van der Waals surface area contributed by atoms with E-state index in [2.05, 4.69) is 5.10 Å². The first kappa shape index (κ1) is 29.7. The van der Waals surface area contributed by atoms with Gasteiger partial charge in [0.05, 0.1) is 31.6 Å². The zero-order valence-electron chi connectivity index (χ0n) is 20.2. The molecule has 0 spiro atoms. The van der Waals surface area contributed by atoms with E-state index in [4.69, 9.17) is 20.3 Å². The molecule has 2 amide bonds. The highest BCUT2D eigenvalue weighted by Crippen LogP contribution is 2.40. The van der Waals surface area contributed by atoms with Crippen LogP contribution in [0, 0.1) is 0 Å². The molecule has 39 heavy (non-hydrogen) atoms. The summed E-state index contributed by atoms with van der Waals surface area (Å²) in [6.45, 7) is -2.75. The number of amides is 2. The van der Waals surface area contributed by atoms with Crippen molar-refractivity contribution in [2.75, 3.05) is 29.3 Å². The average molecular weight is 586 g/mol. The Labute approximate surface area is 217 Å². The van der Waals surface area contributed by atoms with Crippen molar-refractivity contribution < 1.29 is 54.5 Å². The number of fused-ring (bicyclic) bond motifs is 1. The van der Waals surface area contributed by atoms with Gasteiger partial charge in [0, 0.05) is 5.69 Å². The maximum absolute atomic E-state index is 13.7. The van der Waals surface area contributed by atoms with E-state index >= 15 is 0 Å². The van der Waals surface area contributed by atoms with Crippen LogP contribution >= 0.6 is 0 Å². The van der Waals surface area contributed by atoms with Crippen molar-refractivity contribution in [1.29, 1.82) is 0 Å². The van der Waals surface area contributed by atoms with Gasteiger partial charge < -0.3 is 25.6 Å². The second-order valence-electron chi connectivity index (χ2n) is 8.29. The largest absolute Gasteiger partial charge is 0.484 e. The minimum atomic E-state index is -5.10. The van der Waals surface area contributed by atoms with Gasteiger partial charge in [0.15, 0.2) is 10.4 Å². The number of carboxylic acid groups (broad SMARTS) is 1. The summed E-state index contributed by atoms with van der Waals surface area (Å²) in [6.07, 6.45) is -7.34. The normalized spacial score (nSPS) is 17.2. The number of halogens is 5. The van der Waals surface area contributed by atoms with Crippen LogP contribution in [0.25, 0.3) is 0 Å². The van der Waals surface area contributed by atoms with Crippen molar-refractivity contribution in [2.24, 2.45) is 5.73 Å². The van der Waals surface area contributed by atoms with Gasteiger partial charge >= 0.3 is 18.8 Å². The molecule has 216 valence electrons. The molecule has 0 fully saturated rings. The van der Waals surface area contributed by atoms with Crippen LogP contribution in [0.2, 0.25) is 0 Å². The molecule has 2 aromatic rings.